The highest BCUT2D eigenvalue weighted by Crippen LogP contribution is 2.17. The average molecular weight is 415 g/mol. The van der Waals surface area contributed by atoms with E-state index < -0.39 is 16.0 Å². The molecule has 28 heavy (non-hydrogen) atoms. The van der Waals surface area contributed by atoms with Gasteiger partial charge in [-0.3, -0.25) is 0 Å². The predicted molar refractivity (Wildman–Crippen MR) is 110 cm³/mol. The molecule has 3 aromatic rings. The molecule has 6 nitrogen and oxygen atoms in total. The summed E-state index contributed by atoms with van der Waals surface area (Å²) in [4.78, 5) is 14.8. The number of rotatable bonds is 6. The van der Waals surface area contributed by atoms with Gasteiger partial charge in [-0.05, 0) is 66.8 Å². The number of carbonyl (C=O) groups is 1. The molecule has 0 fully saturated rings. The molecule has 144 valence electrons. The van der Waals surface area contributed by atoms with Crippen molar-refractivity contribution in [3.05, 3.63) is 81.5 Å². The largest absolute Gasteiger partial charge is 0.422 e. The number of ether oxygens (including phenoxy) is 1. The van der Waals surface area contributed by atoms with E-state index in [-0.39, 0.29) is 4.90 Å². The van der Waals surface area contributed by atoms with Gasteiger partial charge in [0, 0.05) is 0 Å². The van der Waals surface area contributed by atoms with Crippen LogP contribution in [0.25, 0.3) is 0 Å². The van der Waals surface area contributed by atoms with Crippen LogP contribution in [0.3, 0.4) is 0 Å². The molecule has 0 atom stereocenters. The Balaban J connectivity index is 1.63. The molecule has 1 heterocycles. The van der Waals surface area contributed by atoms with E-state index in [4.69, 9.17) is 4.74 Å². The number of aryl methyl sites for hydroxylation is 2. The number of thiophene rings is 1. The monoisotopic (exact) mass is 414 g/mol. The second kappa shape index (κ2) is 8.37. The molecule has 0 radical (unpaired) electrons. The number of benzene rings is 2. The highest BCUT2D eigenvalue weighted by Gasteiger charge is 2.15. The summed E-state index contributed by atoms with van der Waals surface area (Å²) in [6, 6.07) is 15.1. The van der Waals surface area contributed by atoms with E-state index in [2.05, 4.69) is 9.93 Å². The van der Waals surface area contributed by atoms with Crippen molar-refractivity contribution in [2.24, 2.45) is 5.10 Å². The number of sulfonamides is 1. The fourth-order valence-electron chi connectivity index (χ4n) is 2.49. The first-order valence-corrected chi connectivity index (χ1v) is 10.7. The Bertz CT molecular complexity index is 1100. The first kappa shape index (κ1) is 19.8. The summed E-state index contributed by atoms with van der Waals surface area (Å²) in [5.74, 6) is -0.0240. The Labute approximate surface area is 167 Å². The molecule has 0 amide bonds. The molecule has 2 aromatic carbocycles. The van der Waals surface area contributed by atoms with Gasteiger partial charge in [0.1, 0.15) is 10.6 Å². The minimum atomic E-state index is -3.74. The van der Waals surface area contributed by atoms with Crippen LogP contribution in [0.4, 0.5) is 0 Å². The zero-order valence-electron chi connectivity index (χ0n) is 15.2. The SMILES string of the molecule is Cc1ccc(S(=O)(=O)N/N=C/c2ccc(OC(=O)c3cccs3)cc2)c(C)c1. The van der Waals surface area contributed by atoms with Gasteiger partial charge in [0.25, 0.3) is 10.0 Å². The van der Waals surface area contributed by atoms with Crippen LogP contribution in [0.2, 0.25) is 0 Å². The van der Waals surface area contributed by atoms with Crippen molar-refractivity contribution in [1.82, 2.24) is 4.83 Å². The third kappa shape index (κ3) is 4.85. The van der Waals surface area contributed by atoms with Crippen LogP contribution in [0, 0.1) is 13.8 Å². The zero-order valence-corrected chi connectivity index (χ0v) is 16.9. The van der Waals surface area contributed by atoms with Crippen molar-refractivity contribution in [1.29, 1.82) is 0 Å². The number of hydrogen-bond donors (Lipinski definition) is 1. The number of nitrogens with zero attached hydrogens (tertiary/aromatic N) is 1. The molecular weight excluding hydrogens is 396 g/mol. The molecule has 0 aliphatic heterocycles. The van der Waals surface area contributed by atoms with E-state index >= 15 is 0 Å². The topological polar surface area (TPSA) is 84.8 Å². The lowest BCUT2D eigenvalue weighted by Crippen LogP contribution is -2.19. The summed E-state index contributed by atoms with van der Waals surface area (Å²) in [6.07, 6.45) is 1.38. The maximum atomic E-state index is 12.4. The fraction of sp³-hybridized carbons (Fsp3) is 0.100. The Morgan fingerprint density at radius 3 is 2.50 bits per heavy atom. The number of esters is 1. The third-order valence-corrected chi connectivity index (χ3v) is 6.05. The second-order valence-electron chi connectivity index (χ2n) is 6.06. The number of carbonyl (C=O) groups excluding carboxylic acids is 1. The third-order valence-electron chi connectivity index (χ3n) is 3.82. The normalized spacial score (nSPS) is 11.5. The molecule has 0 spiro atoms. The number of nitrogens with one attached hydrogen (secondary N) is 1. The lowest BCUT2D eigenvalue weighted by molar-refractivity contribution is 0.0740. The van der Waals surface area contributed by atoms with Gasteiger partial charge in [0.05, 0.1) is 11.1 Å². The highest BCUT2D eigenvalue weighted by atomic mass is 32.2. The molecule has 8 heteroatoms. The first-order chi connectivity index (χ1) is 13.3. The van der Waals surface area contributed by atoms with Crippen LogP contribution in [0.5, 0.6) is 5.75 Å². The van der Waals surface area contributed by atoms with E-state index in [9.17, 15) is 13.2 Å². The van der Waals surface area contributed by atoms with Crippen LogP contribution in [-0.4, -0.2) is 20.6 Å². The lowest BCUT2D eigenvalue weighted by Gasteiger charge is -2.07. The highest BCUT2D eigenvalue weighted by molar-refractivity contribution is 7.89. The van der Waals surface area contributed by atoms with Gasteiger partial charge in [0.15, 0.2) is 0 Å². The fourth-order valence-corrected chi connectivity index (χ4v) is 4.11. The molecule has 0 aliphatic carbocycles. The molecular formula is C20H18N2O4S2. The quantitative estimate of drug-likeness (QED) is 0.287. The second-order valence-corrected chi connectivity index (χ2v) is 8.63. The predicted octanol–water partition coefficient (Wildman–Crippen LogP) is 3.90. The summed E-state index contributed by atoms with van der Waals surface area (Å²) in [7, 11) is -3.74. The van der Waals surface area contributed by atoms with E-state index in [1.54, 1.807) is 66.9 Å². The summed E-state index contributed by atoms with van der Waals surface area (Å²) in [5.41, 5.74) is 2.29. The minimum absolute atomic E-state index is 0.186. The molecule has 0 aliphatic rings. The average Bonchev–Trinajstić information content (AvgIpc) is 3.17. The van der Waals surface area contributed by atoms with Gasteiger partial charge in [-0.15, -0.1) is 11.3 Å². The van der Waals surface area contributed by atoms with Crippen LogP contribution >= 0.6 is 11.3 Å². The van der Waals surface area contributed by atoms with Crippen molar-refractivity contribution in [3.8, 4) is 5.75 Å². The lowest BCUT2D eigenvalue weighted by atomic mass is 10.2. The summed E-state index contributed by atoms with van der Waals surface area (Å²) in [6.45, 7) is 3.64. The Kier molecular flexibility index (Phi) is 5.91. The van der Waals surface area contributed by atoms with Crippen molar-refractivity contribution in [2.45, 2.75) is 18.7 Å². The van der Waals surface area contributed by atoms with Gasteiger partial charge >= 0.3 is 5.97 Å². The van der Waals surface area contributed by atoms with Gasteiger partial charge in [-0.25, -0.2) is 9.63 Å². The van der Waals surface area contributed by atoms with Crippen molar-refractivity contribution in [3.63, 3.8) is 0 Å². The zero-order chi connectivity index (χ0) is 20.1. The van der Waals surface area contributed by atoms with Gasteiger partial charge in [-0.2, -0.15) is 13.5 Å². The maximum absolute atomic E-state index is 12.4. The summed E-state index contributed by atoms with van der Waals surface area (Å²) in [5, 5.41) is 5.62. The molecule has 1 aromatic heterocycles. The Hall–Kier alpha value is -2.97. The van der Waals surface area contributed by atoms with E-state index in [1.165, 1.54) is 17.6 Å². The summed E-state index contributed by atoms with van der Waals surface area (Å²) >= 11 is 1.31. The number of hydrogen-bond acceptors (Lipinski definition) is 6. The van der Waals surface area contributed by atoms with Gasteiger partial charge < -0.3 is 4.74 Å². The molecule has 1 N–H and O–H groups in total. The Morgan fingerprint density at radius 1 is 1.11 bits per heavy atom. The molecule has 0 bridgehead atoms. The van der Waals surface area contributed by atoms with Crippen LogP contribution in [0.1, 0.15) is 26.4 Å². The van der Waals surface area contributed by atoms with Crippen molar-refractivity contribution < 1.29 is 17.9 Å². The van der Waals surface area contributed by atoms with E-state index in [0.717, 1.165) is 5.56 Å². The van der Waals surface area contributed by atoms with Gasteiger partial charge in [0.2, 0.25) is 0 Å². The molecule has 0 unspecified atom stereocenters. The minimum Gasteiger partial charge on any atom is -0.422 e. The molecule has 0 saturated carbocycles. The maximum Gasteiger partial charge on any atom is 0.353 e. The molecule has 0 saturated heterocycles. The standard InChI is InChI=1S/C20H18N2O4S2/c1-14-5-10-19(15(2)12-14)28(24,25)22-21-13-16-6-8-17(9-7-16)26-20(23)18-4-3-11-27-18/h3-13,22H,1-2H3/b21-13+. The van der Waals surface area contributed by atoms with E-state index in [1.807, 2.05) is 6.92 Å². The molecule has 3 rings (SSSR count). The Morgan fingerprint density at radius 2 is 1.86 bits per heavy atom. The van der Waals surface area contributed by atoms with Crippen molar-refractivity contribution in [2.75, 3.05) is 0 Å². The summed E-state index contributed by atoms with van der Waals surface area (Å²) < 4.78 is 30.0. The van der Waals surface area contributed by atoms with Gasteiger partial charge in [-0.1, -0.05) is 23.8 Å². The smallest absolute Gasteiger partial charge is 0.353 e. The van der Waals surface area contributed by atoms with Crippen LogP contribution in [0.15, 0.2) is 70.0 Å². The van der Waals surface area contributed by atoms with Crippen LogP contribution < -0.4 is 9.57 Å². The number of hydrazone groups is 1. The first-order valence-electron chi connectivity index (χ1n) is 8.33. The van der Waals surface area contributed by atoms with E-state index in [0.29, 0.717) is 21.8 Å². The van der Waals surface area contributed by atoms with Crippen LogP contribution in [-0.2, 0) is 10.0 Å². The van der Waals surface area contributed by atoms with Crippen molar-refractivity contribution >= 4 is 33.5 Å².